The summed E-state index contributed by atoms with van der Waals surface area (Å²) >= 11 is -1.06. The summed E-state index contributed by atoms with van der Waals surface area (Å²) in [6.07, 6.45) is 2.59. The maximum atomic E-state index is 14.1. The number of aromatic nitrogens is 1. The molecule has 1 aliphatic heterocycles. The lowest BCUT2D eigenvalue weighted by Gasteiger charge is -2.38. The number of rotatable bonds is 4. The van der Waals surface area contributed by atoms with E-state index >= 15 is 0 Å². The van der Waals surface area contributed by atoms with Crippen molar-refractivity contribution in [2.75, 3.05) is 18.6 Å². The fourth-order valence-electron chi connectivity index (χ4n) is 4.23. The Morgan fingerprint density at radius 2 is 1.94 bits per heavy atom. The number of halogens is 1. The Morgan fingerprint density at radius 3 is 2.59 bits per heavy atom. The summed E-state index contributed by atoms with van der Waals surface area (Å²) in [5.41, 5.74) is 1.86. The van der Waals surface area contributed by atoms with E-state index in [4.69, 9.17) is 4.74 Å². The molecule has 1 aliphatic rings. The number of benzene rings is 2. The summed E-state index contributed by atoms with van der Waals surface area (Å²) in [7, 11) is -3.20. The maximum Gasteiger partial charge on any atom is 0.419 e. The summed E-state index contributed by atoms with van der Waals surface area (Å²) in [6.45, 7) is 7.45. The Bertz CT molecular complexity index is 1250. The quantitative estimate of drug-likeness (QED) is 0.419. The van der Waals surface area contributed by atoms with Crippen LogP contribution in [0.4, 0.5) is 9.18 Å². The molecule has 0 amide bonds. The first-order chi connectivity index (χ1) is 15.8. The summed E-state index contributed by atoms with van der Waals surface area (Å²) in [4.78, 5) is 13.3. The predicted octanol–water partition coefficient (Wildman–Crippen LogP) is 6.01. The van der Waals surface area contributed by atoms with E-state index in [-0.39, 0.29) is 12.6 Å². The number of hydrogen-bond donors (Lipinski definition) is 2. The molecule has 4 rings (SSSR count). The van der Waals surface area contributed by atoms with Crippen molar-refractivity contribution < 1.29 is 27.6 Å². The largest absolute Gasteiger partial charge is 0.617 e. The average molecular weight is 509 g/mol. The third kappa shape index (κ3) is 4.58. The van der Waals surface area contributed by atoms with Crippen molar-refractivity contribution >= 4 is 38.9 Å². The molecule has 0 aliphatic carbocycles. The molecule has 0 radical (unpaired) electrons. The molecular weight excluding hydrogens is 479 g/mol. The third-order valence-electron chi connectivity index (χ3n) is 5.78. The van der Waals surface area contributed by atoms with E-state index in [1.54, 1.807) is 55.7 Å². The summed E-state index contributed by atoms with van der Waals surface area (Å²) in [6, 6.07) is 9.26. The van der Waals surface area contributed by atoms with Gasteiger partial charge in [-0.3, -0.25) is 13.7 Å². The molecule has 34 heavy (non-hydrogen) atoms. The summed E-state index contributed by atoms with van der Waals surface area (Å²) in [5, 5.41) is 0.669. The highest BCUT2D eigenvalue weighted by Crippen LogP contribution is 2.63. The van der Waals surface area contributed by atoms with Crippen LogP contribution in [0, 0.1) is 5.82 Å². The van der Waals surface area contributed by atoms with Crippen LogP contribution >= 0.6 is 10.8 Å². The highest BCUT2D eigenvalue weighted by molar-refractivity contribution is 8.22. The topological polar surface area (TPSA) is 98.0 Å². The standard InChI is InChI=1S/C24H29FN2O5S2/c1-15-19-12-16(6-9-22(19)34(30,31)27(15)10-11-33(5)29)20-14-26(23(28)32-24(2,3)4)21-13-17(25)7-8-18(20)21/h6-9,12-15,30-31H,10-11H2,1-5H3. The summed E-state index contributed by atoms with van der Waals surface area (Å²) in [5.74, 6) is -0.141. The molecule has 2 heterocycles. The Balaban J connectivity index is 1.80. The van der Waals surface area contributed by atoms with E-state index in [1.807, 2.05) is 13.0 Å². The molecule has 2 aromatic carbocycles. The van der Waals surface area contributed by atoms with Gasteiger partial charge in [-0.1, -0.05) is 17.2 Å². The van der Waals surface area contributed by atoms with E-state index in [1.165, 1.54) is 16.7 Å². The predicted molar refractivity (Wildman–Crippen MR) is 134 cm³/mol. The molecule has 0 fully saturated rings. The highest BCUT2D eigenvalue weighted by atomic mass is 32.3. The molecule has 0 bridgehead atoms. The SMILES string of the molecule is CC1c2cc(-c3cn(C(=O)OC(C)(C)C)c4cc(F)ccc34)ccc2S(O)(O)N1CC[S+](C)[O-]. The van der Waals surface area contributed by atoms with Crippen molar-refractivity contribution in [1.82, 2.24) is 8.87 Å². The Morgan fingerprint density at radius 1 is 1.24 bits per heavy atom. The first kappa shape index (κ1) is 25.0. The fourth-order valence-corrected chi connectivity index (χ4v) is 6.74. The molecule has 2 unspecified atom stereocenters. The molecule has 0 saturated heterocycles. The second kappa shape index (κ2) is 8.85. The minimum Gasteiger partial charge on any atom is -0.617 e. The van der Waals surface area contributed by atoms with E-state index in [9.17, 15) is 22.8 Å². The molecular formula is C24H29FN2O5S2. The van der Waals surface area contributed by atoms with Crippen molar-refractivity contribution in [3.63, 3.8) is 0 Å². The number of carbonyl (C=O) groups is 1. The highest BCUT2D eigenvalue weighted by Gasteiger charge is 2.41. The van der Waals surface area contributed by atoms with Gasteiger partial charge in [0, 0.05) is 17.1 Å². The van der Waals surface area contributed by atoms with Gasteiger partial charge in [0.2, 0.25) is 0 Å². The molecule has 10 heteroatoms. The van der Waals surface area contributed by atoms with Gasteiger partial charge in [-0.05, 0) is 69.2 Å². The molecule has 0 spiro atoms. The van der Waals surface area contributed by atoms with Crippen LogP contribution in [0.1, 0.15) is 39.3 Å². The molecule has 7 nitrogen and oxygen atoms in total. The van der Waals surface area contributed by atoms with E-state index in [2.05, 4.69) is 0 Å². The van der Waals surface area contributed by atoms with Gasteiger partial charge in [-0.15, -0.1) is 10.8 Å². The fraction of sp³-hybridized carbons (Fsp3) is 0.375. The number of ether oxygens (including phenoxy) is 1. The Hall–Kier alpha value is -2.08. The van der Waals surface area contributed by atoms with E-state index < -0.39 is 39.5 Å². The normalized spacial score (nSPS) is 19.7. The van der Waals surface area contributed by atoms with Gasteiger partial charge in [0.25, 0.3) is 0 Å². The lowest BCUT2D eigenvalue weighted by Crippen LogP contribution is -2.29. The van der Waals surface area contributed by atoms with Gasteiger partial charge < -0.3 is 9.29 Å². The van der Waals surface area contributed by atoms with Gasteiger partial charge in [-0.25, -0.2) is 9.18 Å². The van der Waals surface area contributed by atoms with Crippen LogP contribution in [0.3, 0.4) is 0 Å². The minimum atomic E-state index is -3.20. The number of nitrogens with zero attached hydrogens (tertiary/aromatic N) is 2. The van der Waals surface area contributed by atoms with E-state index in [0.29, 0.717) is 27.1 Å². The van der Waals surface area contributed by atoms with Crippen molar-refractivity contribution in [3.05, 3.63) is 54.0 Å². The molecule has 3 aromatic rings. The van der Waals surface area contributed by atoms with Gasteiger partial charge in [-0.2, -0.15) is 4.31 Å². The van der Waals surface area contributed by atoms with Gasteiger partial charge in [0.15, 0.2) is 0 Å². The van der Waals surface area contributed by atoms with Crippen LogP contribution in [-0.2, 0) is 15.9 Å². The number of fused-ring (bicyclic) bond motifs is 2. The van der Waals surface area contributed by atoms with E-state index in [0.717, 1.165) is 11.1 Å². The lowest BCUT2D eigenvalue weighted by molar-refractivity contribution is 0.0544. The van der Waals surface area contributed by atoms with Gasteiger partial charge >= 0.3 is 6.09 Å². The van der Waals surface area contributed by atoms with Crippen LogP contribution in [0.15, 0.2) is 47.5 Å². The first-order valence-electron chi connectivity index (χ1n) is 10.8. The Labute approximate surface area is 203 Å². The van der Waals surface area contributed by atoms with Crippen molar-refractivity contribution in [3.8, 4) is 11.1 Å². The van der Waals surface area contributed by atoms with Crippen molar-refractivity contribution in [2.45, 2.75) is 44.2 Å². The second-order valence-corrected chi connectivity index (χ2v) is 12.9. The van der Waals surface area contributed by atoms with Crippen molar-refractivity contribution in [2.24, 2.45) is 0 Å². The smallest absolute Gasteiger partial charge is 0.419 e. The number of carbonyl (C=O) groups excluding carboxylic acids is 1. The van der Waals surface area contributed by atoms with Gasteiger partial charge in [0.05, 0.1) is 29.3 Å². The summed E-state index contributed by atoms with van der Waals surface area (Å²) < 4.78 is 55.8. The minimum absolute atomic E-state index is 0.286. The Kier molecular flexibility index (Phi) is 6.52. The third-order valence-corrected chi connectivity index (χ3v) is 8.65. The first-order valence-corrected chi connectivity index (χ1v) is 14.1. The number of hydrogen-bond acceptors (Lipinski definition) is 6. The average Bonchev–Trinajstić information content (AvgIpc) is 3.18. The molecule has 2 atom stereocenters. The molecule has 0 saturated carbocycles. The zero-order valence-electron chi connectivity index (χ0n) is 19.7. The van der Waals surface area contributed by atoms with Crippen LogP contribution in [0.25, 0.3) is 22.0 Å². The molecule has 2 N–H and O–H groups in total. The molecule has 1 aromatic heterocycles. The van der Waals surface area contributed by atoms with Crippen LogP contribution in [0.5, 0.6) is 0 Å². The van der Waals surface area contributed by atoms with Crippen LogP contribution in [-0.4, -0.2) is 52.8 Å². The van der Waals surface area contributed by atoms with Crippen molar-refractivity contribution in [1.29, 1.82) is 0 Å². The zero-order chi connectivity index (χ0) is 25.0. The second-order valence-electron chi connectivity index (χ2n) is 9.42. The zero-order valence-corrected chi connectivity index (χ0v) is 21.4. The lowest BCUT2D eigenvalue weighted by atomic mass is 9.99. The van der Waals surface area contributed by atoms with Gasteiger partial charge in [0.1, 0.15) is 17.2 Å². The maximum absolute atomic E-state index is 14.1. The molecule has 184 valence electrons. The van der Waals surface area contributed by atoms with Crippen LogP contribution < -0.4 is 0 Å². The van der Waals surface area contributed by atoms with Crippen LogP contribution in [0.2, 0.25) is 0 Å². The monoisotopic (exact) mass is 508 g/mol.